The van der Waals surface area contributed by atoms with E-state index < -0.39 is 0 Å². The van der Waals surface area contributed by atoms with Gasteiger partial charge < -0.3 is 4.74 Å². The van der Waals surface area contributed by atoms with Gasteiger partial charge in [0.25, 0.3) is 0 Å². The normalized spacial score (nSPS) is 11.3. The van der Waals surface area contributed by atoms with Crippen LogP contribution < -0.4 is 4.74 Å². The Morgan fingerprint density at radius 3 is 2.24 bits per heavy atom. The molecular weight excluding hydrogens is 215 g/mol. The van der Waals surface area contributed by atoms with Crippen LogP contribution in [0.15, 0.2) is 54.6 Å². The monoisotopic (exact) mass is 228 g/mol. The topological polar surface area (TPSA) is 9.23 Å². The summed E-state index contributed by atoms with van der Waals surface area (Å²) in [4.78, 5) is 0. The predicted molar refractivity (Wildman–Crippen MR) is 68.4 cm³/mol. The fraction of sp³-hybridized carbons (Fsp3) is 0.0667. The molecule has 0 radical (unpaired) electrons. The summed E-state index contributed by atoms with van der Waals surface area (Å²) in [6, 6.07) is 16.2. The summed E-state index contributed by atoms with van der Waals surface area (Å²) in [5, 5.41) is 0. The lowest BCUT2D eigenvalue weighted by molar-refractivity contribution is 0.415. The van der Waals surface area contributed by atoms with Crippen LogP contribution in [0.2, 0.25) is 0 Å². The molecule has 0 aliphatic heterocycles. The Hall–Kier alpha value is -2.09. The SMILES string of the molecule is COc1ccc(/C=C(/F)c2ccccc2)cc1. The van der Waals surface area contributed by atoms with E-state index in [0.717, 1.165) is 11.3 Å². The molecular formula is C15H13FO. The van der Waals surface area contributed by atoms with Gasteiger partial charge in [-0.1, -0.05) is 42.5 Å². The maximum atomic E-state index is 13.8. The molecule has 2 aromatic rings. The summed E-state index contributed by atoms with van der Waals surface area (Å²) in [5.41, 5.74) is 1.40. The molecule has 0 saturated heterocycles. The van der Waals surface area contributed by atoms with Crippen LogP contribution in [0.25, 0.3) is 11.9 Å². The molecule has 0 N–H and O–H groups in total. The fourth-order valence-electron chi connectivity index (χ4n) is 1.53. The van der Waals surface area contributed by atoms with E-state index >= 15 is 0 Å². The standard InChI is InChI=1S/C15H13FO/c1-17-14-9-7-12(8-10-14)11-15(16)13-5-3-2-4-6-13/h2-11H,1H3/b15-11+. The summed E-state index contributed by atoms with van der Waals surface area (Å²) in [5.74, 6) is 0.526. The van der Waals surface area contributed by atoms with Gasteiger partial charge in [-0.25, -0.2) is 4.39 Å². The van der Waals surface area contributed by atoms with Crippen molar-refractivity contribution in [2.24, 2.45) is 0 Å². The lowest BCUT2D eigenvalue weighted by Crippen LogP contribution is -1.82. The third-order valence-corrected chi connectivity index (χ3v) is 2.46. The smallest absolute Gasteiger partial charge is 0.131 e. The molecule has 2 heteroatoms. The van der Waals surface area contributed by atoms with E-state index in [-0.39, 0.29) is 5.83 Å². The molecule has 86 valence electrons. The van der Waals surface area contributed by atoms with E-state index in [4.69, 9.17) is 4.74 Å². The van der Waals surface area contributed by atoms with Gasteiger partial charge in [0, 0.05) is 5.56 Å². The van der Waals surface area contributed by atoms with E-state index in [1.165, 1.54) is 6.08 Å². The van der Waals surface area contributed by atoms with Gasteiger partial charge in [0.1, 0.15) is 11.6 Å². The first-order chi connectivity index (χ1) is 8.29. The van der Waals surface area contributed by atoms with Crippen molar-refractivity contribution in [1.29, 1.82) is 0 Å². The number of rotatable bonds is 3. The van der Waals surface area contributed by atoms with Gasteiger partial charge in [-0.15, -0.1) is 0 Å². The Balaban J connectivity index is 2.23. The van der Waals surface area contributed by atoms with Gasteiger partial charge in [0.05, 0.1) is 7.11 Å². The molecule has 0 amide bonds. The predicted octanol–water partition coefficient (Wildman–Crippen LogP) is 4.16. The van der Waals surface area contributed by atoms with Gasteiger partial charge in [-0.3, -0.25) is 0 Å². The molecule has 0 aromatic heterocycles. The van der Waals surface area contributed by atoms with Gasteiger partial charge in [0.2, 0.25) is 0 Å². The van der Waals surface area contributed by atoms with Crippen molar-refractivity contribution in [3.8, 4) is 5.75 Å². The Kier molecular flexibility index (Phi) is 3.55. The summed E-state index contributed by atoms with van der Waals surface area (Å²) in [6.07, 6.45) is 1.51. The van der Waals surface area contributed by atoms with Gasteiger partial charge in [-0.05, 0) is 23.8 Å². The molecule has 0 atom stereocenters. The second-order valence-electron chi connectivity index (χ2n) is 3.63. The molecule has 2 rings (SSSR count). The Bertz CT molecular complexity index is 500. The molecule has 0 bridgehead atoms. The number of hydrogen-bond donors (Lipinski definition) is 0. The highest BCUT2D eigenvalue weighted by Gasteiger charge is 1.99. The second-order valence-corrected chi connectivity index (χ2v) is 3.63. The van der Waals surface area contributed by atoms with E-state index in [1.54, 1.807) is 19.2 Å². The highest BCUT2D eigenvalue weighted by molar-refractivity contribution is 5.76. The molecule has 0 fully saturated rings. The number of ether oxygens (including phenoxy) is 1. The molecule has 0 aliphatic rings. The van der Waals surface area contributed by atoms with Crippen LogP contribution >= 0.6 is 0 Å². The lowest BCUT2D eigenvalue weighted by Gasteiger charge is -2.00. The van der Waals surface area contributed by atoms with Crippen LogP contribution in [0.5, 0.6) is 5.75 Å². The van der Waals surface area contributed by atoms with Crippen molar-refractivity contribution in [2.75, 3.05) is 7.11 Å². The van der Waals surface area contributed by atoms with Crippen LogP contribution in [0.1, 0.15) is 11.1 Å². The number of methoxy groups -OCH3 is 1. The first-order valence-electron chi connectivity index (χ1n) is 5.36. The van der Waals surface area contributed by atoms with Gasteiger partial charge in [0.15, 0.2) is 0 Å². The summed E-state index contributed by atoms with van der Waals surface area (Å²) in [7, 11) is 1.61. The van der Waals surface area contributed by atoms with Crippen molar-refractivity contribution < 1.29 is 9.13 Å². The first-order valence-corrected chi connectivity index (χ1v) is 5.36. The number of halogens is 1. The van der Waals surface area contributed by atoms with E-state index in [2.05, 4.69) is 0 Å². The molecule has 2 aromatic carbocycles. The third-order valence-electron chi connectivity index (χ3n) is 2.46. The van der Waals surface area contributed by atoms with Crippen LogP contribution in [0.4, 0.5) is 4.39 Å². The zero-order valence-electron chi connectivity index (χ0n) is 9.56. The fourth-order valence-corrected chi connectivity index (χ4v) is 1.53. The summed E-state index contributed by atoms with van der Waals surface area (Å²) >= 11 is 0. The molecule has 0 heterocycles. The van der Waals surface area contributed by atoms with Crippen LogP contribution in [-0.4, -0.2) is 7.11 Å². The van der Waals surface area contributed by atoms with Crippen LogP contribution in [0.3, 0.4) is 0 Å². The van der Waals surface area contributed by atoms with Gasteiger partial charge >= 0.3 is 0 Å². The first kappa shape index (κ1) is 11.4. The van der Waals surface area contributed by atoms with Gasteiger partial charge in [-0.2, -0.15) is 0 Å². The quantitative estimate of drug-likeness (QED) is 0.717. The van der Waals surface area contributed by atoms with Crippen LogP contribution in [0, 0.1) is 0 Å². The Morgan fingerprint density at radius 2 is 1.65 bits per heavy atom. The number of benzene rings is 2. The molecule has 0 aliphatic carbocycles. The average Bonchev–Trinajstić information content (AvgIpc) is 2.40. The van der Waals surface area contributed by atoms with Crippen LogP contribution in [-0.2, 0) is 0 Å². The second kappa shape index (κ2) is 5.30. The third kappa shape index (κ3) is 2.94. The minimum Gasteiger partial charge on any atom is -0.497 e. The summed E-state index contributed by atoms with van der Waals surface area (Å²) < 4.78 is 18.9. The van der Waals surface area contributed by atoms with Crippen molar-refractivity contribution in [3.05, 3.63) is 65.7 Å². The largest absolute Gasteiger partial charge is 0.497 e. The minimum atomic E-state index is -0.240. The van der Waals surface area contributed by atoms with E-state index in [0.29, 0.717) is 5.56 Å². The molecule has 0 unspecified atom stereocenters. The maximum Gasteiger partial charge on any atom is 0.131 e. The van der Waals surface area contributed by atoms with Crippen molar-refractivity contribution in [3.63, 3.8) is 0 Å². The minimum absolute atomic E-state index is 0.240. The molecule has 0 saturated carbocycles. The van der Waals surface area contributed by atoms with Crippen molar-refractivity contribution >= 4 is 11.9 Å². The Labute approximate surface area is 100 Å². The average molecular weight is 228 g/mol. The van der Waals surface area contributed by atoms with E-state index in [1.807, 2.05) is 42.5 Å². The van der Waals surface area contributed by atoms with Crippen molar-refractivity contribution in [2.45, 2.75) is 0 Å². The molecule has 17 heavy (non-hydrogen) atoms. The number of hydrogen-bond acceptors (Lipinski definition) is 1. The zero-order valence-corrected chi connectivity index (χ0v) is 9.56. The lowest BCUT2D eigenvalue weighted by atomic mass is 10.1. The highest BCUT2D eigenvalue weighted by atomic mass is 19.1. The summed E-state index contributed by atoms with van der Waals surface area (Å²) in [6.45, 7) is 0. The maximum absolute atomic E-state index is 13.8. The van der Waals surface area contributed by atoms with Crippen molar-refractivity contribution in [1.82, 2.24) is 0 Å². The van der Waals surface area contributed by atoms with E-state index in [9.17, 15) is 4.39 Å². The zero-order chi connectivity index (χ0) is 12.1. The highest BCUT2D eigenvalue weighted by Crippen LogP contribution is 2.20. The molecule has 0 spiro atoms. The Morgan fingerprint density at radius 1 is 1.00 bits per heavy atom. The molecule has 1 nitrogen and oxygen atoms in total.